The number of nitro groups is 1. The lowest BCUT2D eigenvalue weighted by atomic mass is 10.3. The average molecular weight is 338 g/mol. The summed E-state index contributed by atoms with van der Waals surface area (Å²) < 4.78 is 37.3. The van der Waals surface area contributed by atoms with E-state index >= 15 is 0 Å². The van der Waals surface area contributed by atoms with Gasteiger partial charge < -0.3 is 9.47 Å². The van der Waals surface area contributed by atoms with Crippen LogP contribution in [0.2, 0.25) is 0 Å². The molecule has 8 nitrogen and oxygen atoms in total. The SMILES string of the molecule is COc1ccc(OC)c(NS(=O)(=O)c2cccc([N+](=O)[O-])c2)c1. The van der Waals surface area contributed by atoms with Crippen LogP contribution < -0.4 is 14.2 Å². The van der Waals surface area contributed by atoms with E-state index in [-0.39, 0.29) is 16.3 Å². The van der Waals surface area contributed by atoms with Crippen LogP contribution in [0.5, 0.6) is 11.5 Å². The minimum atomic E-state index is -4.02. The number of sulfonamides is 1. The molecule has 0 unspecified atom stereocenters. The zero-order chi connectivity index (χ0) is 17.0. The molecule has 0 amide bonds. The summed E-state index contributed by atoms with van der Waals surface area (Å²) in [6.07, 6.45) is 0. The second-order valence-corrected chi connectivity index (χ2v) is 6.11. The molecular formula is C14H14N2O6S. The summed E-state index contributed by atoms with van der Waals surface area (Å²) >= 11 is 0. The van der Waals surface area contributed by atoms with Crippen LogP contribution in [0.3, 0.4) is 0 Å². The van der Waals surface area contributed by atoms with E-state index < -0.39 is 14.9 Å². The molecule has 0 aliphatic carbocycles. The van der Waals surface area contributed by atoms with Crippen LogP contribution in [0.1, 0.15) is 0 Å². The number of hydrogen-bond acceptors (Lipinski definition) is 6. The van der Waals surface area contributed by atoms with Gasteiger partial charge in [0, 0.05) is 18.2 Å². The minimum Gasteiger partial charge on any atom is -0.497 e. The van der Waals surface area contributed by atoms with Crippen LogP contribution in [0.25, 0.3) is 0 Å². The molecular weight excluding hydrogens is 324 g/mol. The fourth-order valence-corrected chi connectivity index (χ4v) is 2.96. The molecule has 122 valence electrons. The first-order valence-corrected chi connectivity index (χ1v) is 7.85. The standard InChI is InChI=1S/C14H14N2O6S/c1-21-11-6-7-14(22-2)13(9-11)15-23(19,20)12-5-3-4-10(8-12)16(17)18/h3-9,15H,1-2H3. The second kappa shape index (κ2) is 6.53. The van der Waals surface area contributed by atoms with E-state index in [9.17, 15) is 18.5 Å². The van der Waals surface area contributed by atoms with Crippen LogP contribution in [0.15, 0.2) is 47.4 Å². The maximum absolute atomic E-state index is 12.4. The van der Waals surface area contributed by atoms with Crippen LogP contribution >= 0.6 is 0 Å². The quantitative estimate of drug-likeness (QED) is 0.640. The maximum Gasteiger partial charge on any atom is 0.270 e. The van der Waals surface area contributed by atoms with Gasteiger partial charge in [-0.05, 0) is 18.2 Å². The molecule has 0 radical (unpaired) electrons. The van der Waals surface area contributed by atoms with Crippen molar-refractivity contribution in [2.45, 2.75) is 4.90 Å². The molecule has 0 saturated heterocycles. The van der Waals surface area contributed by atoms with Crippen molar-refractivity contribution in [1.82, 2.24) is 0 Å². The molecule has 0 spiro atoms. The topological polar surface area (TPSA) is 108 Å². The third-order valence-corrected chi connectivity index (χ3v) is 4.35. The maximum atomic E-state index is 12.4. The number of nitrogens with zero attached hydrogens (tertiary/aromatic N) is 1. The molecule has 9 heteroatoms. The van der Waals surface area contributed by atoms with E-state index in [2.05, 4.69) is 4.72 Å². The van der Waals surface area contributed by atoms with E-state index in [0.717, 1.165) is 6.07 Å². The highest BCUT2D eigenvalue weighted by Crippen LogP contribution is 2.31. The highest BCUT2D eigenvalue weighted by molar-refractivity contribution is 7.92. The van der Waals surface area contributed by atoms with Crippen molar-refractivity contribution < 1.29 is 22.8 Å². The fourth-order valence-electron chi connectivity index (χ4n) is 1.86. The zero-order valence-corrected chi connectivity index (χ0v) is 13.2. The van der Waals surface area contributed by atoms with Gasteiger partial charge in [-0.1, -0.05) is 6.07 Å². The lowest BCUT2D eigenvalue weighted by Crippen LogP contribution is -2.14. The number of nitrogens with one attached hydrogen (secondary N) is 1. The predicted molar refractivity (Wildman–Crippen MR) is 83.5 cm³/mol. The predicted octanol–water partition coefficient (Wildman–Crippen LogP) is 2.41. The van der Waals surface area contributed by atoms with Gasteiger partial charge in [-0.15, -0.1) is 0 Å². The summed E-state index contributed by atoms with van der Waals surface area (Å²) in [5, 5.41) is 10.8. The third-order valence-electron chi connectivity index (χ3n) is 2.99. The van der Waals surface area contributed by atoms with Crippen molar-refractivity contribution >= 4 is 21.4 Å². The first-order chi connectivity index (χ1) is 10.9. The molecule has 0 saturated carbocycles. The summed E-state index contributed by atoms with van der Waals surface area (Å²) in [4.78, 5) is 9.89. The molecule has 0 heterocycles. The molecule has 0 fully saturated rings. The molecule has 0 atom stereocenters. The lowest BCUT2D eigenvalue weighted by Gasteiger charge is -2.13. The number of rotatable bonds is 6. The fraction of sp³-hybridized carbons (Fsp3) is 0.143. The molecule has 0 bridgehead atoms. The Morgan fingerprint density at radius 2 is 1.83 bits per heavy atom. The van der Waals surface area contributed by atoms with Crippen molar-refractivity contribution in [3.8, 4) is 11.5 Å². The number of hydrogen-bond donors (Lipinski definition) is 1. The molecule has 0 aliphatic rings. The number of methoxy groups -OCH3 is 2. The summed E-state index contributed by atoms with van der Waals surface area (Å²) in [6, 6.07) is 9.37. The summed E-state index contributed by atoms with van der Waals surface area (Å²) in [5.41, 5.74) is -0.149. The number of ether oxygens (including phenoxy) is 2. The van der Waals surface area contributed by atoms with E-state index in [4.69, 9.17) is 9.47 Å². The third kappa shape index (κ3) is 3.69. The normalized spacial score (nSPS) is 10.9. The van der Waals surface area contributed by atoms with Crippen molar-refractivity contribution in [3.05, 3.63) is 52.6 Å². The summed E-state index contributed by atoms with van der Waals surface area (Å²) in [7, 11) is -1.18. The van der Waals surface area contributed by atoms with Crippen molar-refractivity contribution in [3.63, 3.8) is 0 Å². The van der Waals surface area contributed by atoms with Crippen molar-refractivity contribution in [2.75, 3.05) is 18.9 Å². The van der Waals surface area contributed by atoms with Gasteiger partial charge in [0.2, 0.25) is 0 Å². The molecule has 1 N–H and O–H groups in total. The van der Waals surface area contributed by atoms with Crippen molar-refractivity contribution in [1.29, 1.82) is 0 Å². The molecule has 2 aromatic carbocycles. The summed E-state index contributed by atoms with van der Waals surface area (Å²) in [5.74, 6) is 0.724. The van der Waals surface area contributed by atoms with Gasteiger partial charge in [0.05, 0.1) is 29.7 Å². The van der Waals surface area contributed by atoms with E-state index in [1.54, 1.807) is 12.1 Å². The molecule has 0 aliphatic heterocycles. The second-order valence-electron chi connectivity index (χ2n) is 4.43. The van der Waals surface area contributed by atoms with Gasteiger partial charge in [0.1, 0.15) is 11.5 Å². The van der Waals surface area contributed by atoms with Gasteiger partial charge in [0.15, 0.2) is 0 Å². The first kappa shape index (κ1) is 16.6. The van der Waals surface area contributed by atoms with Gasteiger partial charge in [0.25, 0.3) is 15.7 Å². The Balaban J connectivity index is 2.42. The van der Waals surface area contributed by atoms with Gasteiger partial charge in [-0.2, -0.15) is 0 Å². The Morgan fingerprint density at radius 3 is 2.43 bits per heavy atom. The van der Waals surface area contributed by atoms with Crippen LogP contribution in [-0.2, 0) is 10.0 Å². The van der Waals surface area contributed by atoms with E-state index in [1.165, 1.54) is 38.5 Å². The highest BCUT2D eigenvalue weighted by Gasteiger charge is 2.19. The summed E-state index contributed by atoms with van der Waals surface area (Å²) in [6.45, 7) is 0. The van der Waals surface area contributed by atoms with Gasteiger partial charge in [-0.3, -0.25) is 14.8 Å². The monoisotopic (exact) mass is 338 g/mol. The Morgan fingerprint density at radius 1 is 1.09 bits per heavy atom. The molecule has 0 aromatic heterocycles. The van der Waals surface area contributed by atoms with Crippen molar-refractivity contribution in [2.24, 2.45) is 0 Å². The molecule has 2 rings (SSSR count). The smallest absolute Gasteiger partial charge is 0.270 e. The largest absolute Gasteiger partial charge is 0.497 e. The van der Waals surface area contributed by atoms with E-state index in [1.807, 2.05) is 0 Å². The number of nitro benzene ring substituents is 1. The first-order valence-electron chi connectivity index (χ1n) is 6.36. The highest BCUT2D eigenvalue weighted by atomic mass is 32.2. The average Bonchev–Trinajstić information content (AvgIpc) is 2.54. The Labute approximate surface area is 132 Å². The Hall–Kier alpha value is -2.81. The minimum absolute atomic E-state index is 0.165. The molecule has 23 heavy (non-hydrogen) atoms. The van der Waals surface area contributed by atoms with E-state index in [0.29, 0.717) is 11.5 Å². The Bertz CT molecular complexity index is 835. The van der Waals surface area contributed by atoms with Crippen LogP contribution in [-0.4, -0.2) is 27.6 Å². The van der Waals surface area contributed by atoms with Crippen LogP contribution in [0, 0.1) is 10.1 Å². The number of benzene rings is 2. The Kier molecular flexibility index (Phi) is 4.70. The zero-order valence-electron chi connectivity index (χ0n) is 12.3. The van der Waals surface area contributed by atoms with Crippen LogP contribution in [0.4, 0.5) is 11.4 Å². The van der Waals surface area contributed by atoms with Gasteiger partial charge in [-0.25, -0.2) is 8.42 Å². The van der Waals surface area contributed by atoms with Gasteiger partial charge >= 0.3 is 0 Å². The number of anilines is 1. The molecule has 2 aromatic rings. The lowest BCUT2D eigenvalue weighted by molar-refractivity contribution is -0.385. The number of non-ortho nitro benzene ring substituents is 1.